The molecule has 130 valence electrons. The second kappa shape index (κ2) is 8.12. The second-order valence-corrected chi connectivity index (χ2v) is 7.25. The number of hydrogen-bond donors (Lipinski definition) is 0. The van der Waals surface area contributed by atoms with Gasteiger partial charge in [-0.2, -0.15) is 0 Å². The van der Waals surface area contributed by atoms with E-state index in [4.69, 9.17) is 15.9 Å². The highest BCUT2D eigenvalue weighted by atomic mass is 16.6. The number of hydrogen-bond acceptors (Lipinski definition) is 4. The molecule has 0 fully saturated rings. The van der Waals surface area contributed by atoms with Crippen molar-refractivity contribution in [1.82, 2.24) is 0 Å². The lowest BCUT2D eigenvalue weighted by atomic mass is 9.81. The lowest BCUT2D eigenvalue weighted by molar-refractivity contribution is -0.158. The Balaban J connectivity index is 2.70. The maximum absolute atomic E-state index is 12.5. The molecule has 0 heterocycles. The van der Waals surface area contributed by atoms with E-state index >= 15 is 0 Å². The molecule has 4 nitrogen and oxygen atoms in total. The fourth-order valence-electron chi connectivity index (χ4n) is 2.10. The molecule has 1 atom stereocenters. The minimum absolute atomic E-state index is 0.298. The molecule has 24 heavy (non-hydrogen) atoms. The fourth-order valence-corrected chi connectivity index (χ4v) is 2.10. The summed E-state index contributed by atoms with van der Waals surface area (Å²) in [6.45, 7) is 8.96. The molecule has 1 rings (SSSR count). The van der Waals surface area contributed by atoms with Crippen LogP contribution in [0.5, 0.6) is 0 Å². The van der Waals surface area contributed by atoms with Gasteiger partial charge in [-0.25, -0.2) is 0 Å². The molecule has 0 radical (unpaired) electrons. The molecule has 0 aliphatic carbocycles. The van der Waals surface area contributed by atoms with Crippen LogP contribution < -0.4 is 0 Å². The third-order valence-electron chi connectivity index (χ3n) is 3.51. The van der Waals surface area contributed by atoms with E-state index in [1.54, 1.807) is 34.6 Å². The molecule has 1 aromatic carbocycles. The van der Waals surface area contributed by atoms with Crippen LogP contribution in [0.3, 0.4) is 0 Å². The predicted molar refractivity (Wildman–Crippen MR) is 93.1 cm³/mol. The molecule has 0 bridgehead atoms. The van der Waals surface area contributed by atoms with E-state index < -0.39 is 23.1 Å². The standard InChI is InChI=1S/C20H26O4/c1-7-17(23-14-15-11-9-8-10-12-15)20(5,6)16(21)13-18(22)24-19(2,3)4/h1,8-12,17H,13-14H2,2-6H3. The molecule has 4 heteroatoms. The van der Waals surface area contributed by atoms with Gasteiger partial charge in [0.1, 0.15) is 18.1 Å². The summed E-state index contributed by atoms with van der Waals surface area (Å²) >= 11 is 0. The minimum atomic E-state index is -0.986. The maximum atomic E-state index is 12.5. The lowest BCUT2D eigenvalue weighted by Crippen LogP contribution is -2.40. The van der Waals surface area contributed by atoms with Crippen molar-refractivity contribution in [3.8, 4) is 12.3 Å². The Kier molecular flexibility index (Phi) is 6.74. The van der Waals surface area contributed by atoms with Crippen LogP contribution in [0.4, 0.5) is 0 Å². The van der Waals surface area contributed by atoms with Crippen molar-refractivity contribution < 1.29 is 19.1 Å². The van der Waals surface area contributed by atoms with E-state index in [-0.39, 0.29) is 12.2 Å². The fraction of sp³-hybridized carbons (Fsp3) is 0.500. The summed E-state index contributed by atoms with van der Waals surface area (Å²) < 4.78 is 10.9. The molecule has 0 N–H and O–H groups in total. The first kappa shape index (κ1) is 19.9. The zero-order chi connectivity index (χ0) is 18.4. The van der Waals surface area contributed by atoms with Gasteiger partial charge in [0.25, 0.3) is 0 Å². The number of rotatable bonds is 7. The molecular weight excluding hydrogens is 304 g/mol. The Bertz CT molecular complexity index is 603. The first-order chi connectivity index (χ1) is 11.1. The van der Waals surface area contributed by atoms with Crippen molar-refractivity contribution in [1.29, 1.82) is 0 Å². The Labute approximate surface area is 144 Å². The van der Waals surface area contributed by atoms with Crippen LogP contribution in [0.2, 0.25) is 0 Å². The van der Waals surface area contributed by atoms with Gasteiger partial charge in [-0.15, -0.1) is 6.42 Å². The van der Waals surface area contributed by atoms with Gasteiger partial charge >= 0.3 is 5.97 Å². The van der Waals surface area contributed by atoms with Gasteiger partial charge in [-0.05, 0) is 40.2 Å². The summed E-state index contributed by atoms with van der Waals surface area (Å²) in [5, 5.41) is 0. The summed E-state index contributed by atoms with van der Waals surface area (Å²) in [7, 11) is 0. The predicted octanol–water partition coefficient (Wildman–Crippen LogP) is 3.53. The first-order valence-electron chi connectivity index (χ1n) is 7.93. The van der Waals surface area contributed by atoms with Crippen molar-refractivity contribution in [2.24, 2.45) is 5.41 Å². The Morgan fingerprint density at radius 2 is 1.71 bits per heavy atom. The molecule has 0 spiro atoms. The first-order valence-corrected chi connectivity index (χ1v) is 7.93. The van der Waals surface area contributed by atoms with Gasteiger partial charge in [0.05, 0.1) is 12.0 Å². The summed E-state index contributed by atoms with van der Waals surface area (Å²) in [6.07, 6.45) is 4.50. The monoisotopic (exact) mass is 330 g/mol. The van der Waals surface area contributed by atoms with Crippen LogP contribution in [0.15, 0.2) is 30.3 Å². The highest BCUT2D eigenvalue weighted by Gasteiger charge is 2.38. The summed E-state index contributed by atoms with van der Waals surface area (Å²) in [5.74, 6) is 1.67. The van der Waals surface area contributed by atoms with Crippen LogP contribution in [-0.4, -0.2) is 23.5 Å². The largest absolute Gasteiger partial charge is 0.460 e. The molecule has 0 saturated carbocycles. The van der Waals surface area contributed by atoms with Gasteiger partial charge in [-0.3, -0.25) is 9.59 Å². The van der Waals surface area contributed by atoms with E-state index in [0.29, 0.717) is 6.61 Å². The van der Waals surface area contributed by atoms with Gasteiger partial charge in [0.15, 0.2) is 5.78 Å². The quantitative estimate of drug-likeness (QED) is 0.436. The number of carbonyl (C=O) groups is 2. The van der Waals surface area contributed by atoms with Gasteiger partial charge < -0.3 is 9.47 Å². The zero-order valence-corrected chi connectivity index (χ0v) is 15.1. The van der Waals surface area contributed by atoms with E-state index in [0.717, 1.165) is 5.56 Å². The highest BCUT2D eigenvalue weighted by Crippen LogP contribution is 2.27. The minimum Gasteiger partial charge on any atom is -0.460 e. The lowest BCUT2D eigenvalue weighted by Gasteiger charge is -2.29. The number of benzene rings is 1. The maximum Gasteiger partial charge on any atom is 0.313 e. The topological polar surface area (TPSA) is 52.6 Å². The normalized spacial score (nSPS) is 13.0. The number of ether oxygens (including phenoxy) is 2. The molecular formula is C20H26O4. The van der Waals surface area contributed by atoms with Crippen molar-refractivity contribution >= 4 is 11.8 Å². The summed E-state index contributed by atoms with van der Waals surface area (Å²) in [5.41, 5.74) is -0.648. The van der Waals surface area contributed by atoms with Crippen LogP contribution in [0, 0.1) is 17.8 Å². The number of Topliss-reactive ketones (excluding diaryl/α,β-unsaturated/α-hetero) is 1. The zero-order valence-electron chi connectivity index (χ0n) is 15.1. The average molecular weight is 330 g/mol. The molecule has 0 saturated heterocycles. The number of terminal acetylenes is 1. The van der Waals surface area contributed by atoms with Crippen LogP contribution in [0.1, 0.15) is 46.6 Å². The van der Waals surface area contributed by atoms with E-state index in [1.165, 1.54) is 0 Å². The summed E-state index contributed by atoms with van der Waals surface area (Å²) in [4.78, 5) is 24.4. The Morgan fingerprint density at radius 3 is 2.21 bits per heavy atom. The molecule has 0 amide bonds. The number of ketones is 1. The van der Waals surface area contributed by atoms with E-state index in [2.05, 4.69) is 5.92 Å². The molecule has 0 aromatic heterocycles. The number of carbonyl (C=O) groups excluding carboxylic acids is 2. The van der Waals surface area contributed by atoms with Crippen LogP contribution in [0.25, 0.3) is 0 Å². The van der Waals surface area contributed by atoms with E-state index in [1.807, 2.05) is 30.3 Å². The Morgan fingerprint density at radius 1 is 1.12 bits per heavy atom. The van der Waals surface area contributed by atoms with Crippen molar-refractivity contribution in [2.45, 2.75) is 59.4 Å². The molecule has 1 aromatic rings. The third-order valence-corrected chi connectivity index (χ3v) is 3.51. The van der Waals surface area contributed by atoms with Crippen molar-refractivity contribution in [3.05, 3.63) is 35.9 Å². The molecule has 0 aliphatic heterocycles. The second-order valence-electron chi connectivity index (χ2n) is 7.25. The summed E-state index contributed by atoms with van der Waals surface area (Å²) in [6, 6.07) is 9.56. The van der Waals surface area contributed by atoms with Gasteiger partial charge in [0.2, 0.25) is 0 Å². The van der Waals surface area contributed by atoms with Crippen molar-refractivity contribution in [3.63, 3.8) is 0 Å². The van der Waals surface area contributed by atoms with Gasteiger partial charge in [-0.1, -0.05) is 36.3 Å². The van der Waals surface area contributed by atoms with E-state index in [9.17, 15) is 9.59 Å². The highest BCUT2D eigenvalue weighted by molar-refractivity contribution is 5.99. The number of esters is 1. The van der Waals surface area contributed by atoms with Crippen molar-refractivity contribution in [2.75, 3.05) is 0 Å². The Hall–Kier alpha value is -2.12. The third kappa shape index (κ3) is 6.17. The smallest absolute Gasteiger partial charge is 0.313 e. The van der Waals surface area contributed by atoms with Gasteiger partial charge in [0, 0.05) is 0 Å². The average Bonchev–Trinajstić information content (AvgIpc) is 2.46. The SMILES string of the molecule is C#CC(OCc1ccccc1)C(C)(C)C(=O)CC(=O)OC(C)(C)C. The van der Waals surface area contributed by atoms with Crippen LogP contribution >= 0.6 is 0 Å². The molecule has 1 unspecified atom stereocenters. The van der Waals surface area contributed by atoms with Crippen LogP contribution in [-0.2, 0) is 25.7 Å². The molecule has 0 aliphatic rings.